The van der Waals surface area contributed by atoms with Crippen molar-refractivity contribution < 1.29 is 0 Å². The van der Waals surface area contributed by atoms with Gasteiger partial charge in [0.05, 0.1) is 10.9 Å². The average Bonchev–Trinajstić information content (AvgIpc) is 2.82. The number of hydrogen-bond acceptors (Lipinski definition) is 5. The van der Waals surface area contributed by atoms with Crippen LogP contribution in [0.3, 0.4) is 0 Å². The van der Waals surface area contributed by atoms with Crippen molar-refractivity contribution in [3.63, 3.8) is 0 Å². The van der Waals surface area contributed by atoms with Crippen LogP contribution in [0.5, 0.6) is 0 Å². The number of nitrogens with one attached hydrogen (secondary N) is 3. The third-order valence-electron chi connectivity index (χ3n) is 3.26. The zero-order valence-electron chi connectivity index (χ0n) is 10.2. The van der Waals surface area contributed by atoms with Crippen LogP contribution >= 0.6 is 11.6 Å². The Bertz CT molecular complexity index is 637. The van der Waals surface area contributed by atoms with E-state index in [0.717, 1.165) is 25.9 Å². The molecule has 1 saturated heterocycles. The second-order valence-corrected chi connectivity index (χ2v) is 4.90. The van der Waals surface area contributed by atoms with Gasteiger partial charge in [-0.15, -0.1) is 0 Å². The fraction of sp³-hybridized carbons (Fsp3) is 0.417. The Morgan fingerprint density at radius 1 is 1.47 bits per heavy atom. The predicted molar refractivity (Wildman–Crippen MR) is 73.1 cm³/mol. The summed E-state index contributed by atoms with van der Waals surface area (Å²) in [6.07, 6.45) is 3.82. The number of nitrogens with zero attached hydrogens (tertiary/aromatic N) is 3. The zero-order chi connectivity index (χ0) is 13.2. The summed E-state index contributed by atoms with van der Waals surface area (Å²) in [6, 6.07) is 2.43. The van der Waals surface area contributed by atoms with Crippen molar-refractivity contribution in [3.8, 4) is 6.07 Å². The molecule has 0 saturated carbocycles. The summed E-state index contributed by atoms with van der Waals surface area (Å²) in [5.41, 5.74) is 1.11. The van der Waals surface area contributed by atoms with E-state index in [1.807, 2.05) is 0 Å². The normalized spacial score (nSPS) is 19.3. The first kappa shape index (κ1) is 12.2. The van der Waals surface area contributed by atoms with Gasteiger partial charge in [0.2, 0.25) is 5.28 Å². The van der Waals surface area contributed by atoms with E-state index in [2.05, 4.69) is 31.7 Å². The van der Waals surface area contributed by atoms with Gasteiger partial charge in [-0.2, -0.15) is 15.2 Å². The monoisotopic (exact) mass is 276 g/mol. The summed E-state index contributed by atoms with van der Waals surface area (Å²) in [7, 11) is 0. The van der Waals surface area contributed by atoms with E-state index in [-0.39, 0.29) is 5.28 Å². The molecule has 2 aromatic rings. The van der Waals surface area contributed by atoms with Crippen LogP contribution in [0.15, 0.2) is 6.20 Å². The van der Waals surface area contributed by atoms with Crippen molar-refractivity contribution in [3.05, 3.63) is 17.0 Å². The van der Waals surface area contributed by atoms with Crippen LogP contribution in [-0.4, -0.2) is 34.1 Å². The number of aromatic amines is 1. The smallest absolute Gasteiger partial charge is 0.226 e. The number of aromatic nitrogens is 3. The van der Waals surface area contributed by atoms with E-state index in [4.69, 9.17) is 16.9 Å². The van der Waals surface area contributed by atoms with E-state index in [9.17, 15) is 0 Å². The molecule has 6 nitrogen and oxygen atoms in total. The van der Waals surface area contributed by atoms with Gasteiger partial charge in [0, 0.05) is 18.8 Å². The SMILES string of the molecule is N#Cc1c[nH]c2nc(Cl)nc(N[C@@H]3CCCNC3)c12. The molecular formula is C12H13ClN6. The molecule has 3 N–H and O–H groups in total. The first-order valence-electron chi connectivity index (χ1n) is 6.20. The number of piperidine rings is 1. The molecule has 3 heterocycles. The Balaban J connectivity index is 2.01. The fourth-order valence-electron chi connectivity index (χ4n) is 2.37. The third kappa shape index (κ3) is 2.35. The lowest BCUT2D eigenvalue weighted by Crippen LogP contribution is -2.38. The summed E-state index contributed by atoms with van der Waals surface area (Å²) in [4.78, 5) is 11.3. The highest BCUT2D eigenvalue weighted by atomic mass is 35.5. The number of halogens is 1. The summed E-state index contributed by atoms with van der Waals surface area (Å²) in [6.45, 7) is 1.93. The molecule has 1 aliphatic rings. The first-order valence-corrected chi connectivity index (χ1v) is 6.57. The van der Waals surface area contributed by atoms with Crippen LogP contribution in [-0.2, 0) is 0 Å². The Labute approximate surface area is 115 Å². The van der Waals surface area contributed by atoms with Crippen LogP contribution in [0.2, 0.25) is 5.28 Å². The van der Waals surface area contributed by atoms with Crippen LogP contribution in [0, 0.1) is 11.3 Å². The van der Waals surface area contributed by atoms with Gasteiger partial charge in [-0.05, 0) is 31.0 Å². The van der Waals surface area contributed by atoms with E-state index in [1.54, 1.807) is 6.20 Å². The van der Waals surface area contributed by atoms with Gasteiger partial charge in [0.1, 0.15) is 17.5 Å². The lowest BCUT2D eigenvalue weighted by molar-refractivity contribution is 0.479. The summed E-state index contributed by atoms with van der Waals surface area (Å²) < 4.78 is 0. The topological polar surface area (TPSA) is 89.4 Å². The minimum atomic E-state index is 0.171. The molecular weight excluding hydrogens is 264 g/mol. The van der Waals surface area contributed by atoms with E-state index in [0.29, 0.717) is 28.5 Å². The maximum absolute atomic E-state index is 9.13. The molecule has 0 spiro atoms. The van der Waals surface area contributed by atoms with Crippen LogP contribution in [0.25, 0.3) is 11.0 Å². The Hall–Kier alpha value is -1.84. The highest BCUT2D eigenvalue weighted by Crippen LogP contribution is 2.26. The quantitative estimate of drug-likeness (QED) is 0.726. The Kier molecular flexibility index (Phi) is 3.23. The predicted octanol–water partition coefficient (Wildman–Crippen LogP) is 1.65. The molecule has 0 unspecified atom stereocenters. The van der Waals surface area contributed by atoms with E-state index >= 15 is 0 Å². The Morgan fingerprint density at radius 2 is 2.37 bits per heavy atom. The van der Waals surface area contributed by atoms with Crippen molar-refractivity contribution in [2.75, 3.05) is 18.4 Å². The highest BCUT2D eigenvalue weighted by Gasteiger charge is 2.18. The number of nitriles is 1. The van der Waals surface area contributed by atoms with Gasteiger partial charge in [0.15, 0.2) is 0 Å². The number of rotatable bonds is 2. The number of anilines is 1. The molecule has 7 heteroatoms. The molecule has 3 rings (SSSR count). The van der Waals surface area contributed by atoms with Gasteiger partial charge >= 0.3 is 0 Å². The van der Waals surface area contributed by atoms with E-state index < -0.39 is 0 Å². The Morgan fingerprint density at radius 3 is 3.11 bits per heavy atom. The third-order valence-corrected chi connectivity index (χ3v) is 3.43. The standard InChI is InChI=1S/C12H13ClN6/c13-12-18-10-9(7(4-14)5-16-10)11(19-12)17-8-2-1-3-15-6-8/h5,8,15H,1-3,6H2,(H2,16,17,18,19)/t8-/m1/s1. The molecule has 0 radical (unpaired) electrons. The number of fused-ring (bicyclic) bond motifs is 1. The molecule has 19 heavy (non-hydrogen) atoms. The lowest BCUT2D eigenvalue weighted by atomic mass is 10.1. The van der Waals surface area contributed by atoms with Gasteiger partial charge in [-0.1, -0.05) is 0 Å². The van der Waals surface area contributed by atoms with Gasteiger partial charge in [-0.3, -0.25) is 0 Å². The summed E-state index contributed by atoms with van der Waals surface area (Å²) in [5.74, 6) is 0.626. The van der Waals surface area contributed by atoms with Crippen LogP contribution < -0.4 is 10.6 Å². The average molecular weight is 277 g/mol. The maximum Gasteiger partial charge on any atom is 0.226 e. The molecule has 0 bridgehead atoms. The number of hydrogen-bond donors (Lipinski definition) is 3. The van der Waals surface area contributed by atoms with E-state index in [1.165, 1.54) is 0 Å². The molecule has 0 aliphatic carbocycles. The highest BCUT2D eigenvalue weighted by molar-refractivity contribution is 6.28. The minimum Gasteiger partial charge on any atom is -0.365 e. The van der Waals surface area contributed by atoms with Crippen molar-refractivity contribution in [2.24, 2.45) is 0 Å². The van der Waals surface area contributed by atoms with Gasteiger partial charge in [-0.25, -0.2) is 0 Å². The molecule has 98 valence electrons. The second-order valence-electron chi connectivity index (χ2n) is 4.57. The molecule has 1 fully saturated rings. The van der Waals surface area contributed by atoms with Crippen molar-refractivity contribution in [1.29, 1.82) is 5.26 Å². The van der Waals surface area contributed by atoms with Crippen LogP contribution in [0.1, 0.15) is 18.4 Å². The zero-order valence-corrected chi connectivity index (χ0v) is 11.0. The first-order chi connectivity index (χ1) is 9.28. The number of H-pyrrole nitrogens is 1. The largest absolute Gasteiger partial charge is 0.365 e. The minimum absolute atomic E-state index is 0.171. The second kappa shape index (κ2) is 5.03. The lowest BCUT2D eigenvalue weighted by Gasteiger charge is -2.24. The summed E-state index contributed by atoms with van der Waals surface area (Å²) >= 11 is 5.91. The maximum atomic E-state index is 9.13. The molecule has 1 atom stereocenters. The van der Waals surface area contributed by atoms with Gasteiger partial charge in [0.25, 0.3) is 0 Å². The summed E-state index contributed by atoms with van der Waals surface area (Å²) in [5, 5.41) is 16.7. The molecule has 0 aromatic carbocycles. The van der Waals surface area contributed by atoms with Crippen LogP contribution in [0.4, 0.5) is 5.82 Å². The fourth-order valence-corrected chi connectivity index (χ4v) is 2.54. The molecule has 0 amide bonds. The molecule has 2 aromatic heterocycles. The van der Waals surface area contributed by atoms with Gasteiger partial charge < -0.3 is 15.6 Å². The van der Waals surface area contributed by atoms with Crippen molar-refractivity contribution in [1.82, 2.24) is 20.3 Å². The van der Waals surface area contributed by atoms with Crippen molar-refractivity contribution in [2.45, 2.75) is 18.9 Å². The molecule has 1 aliphatic heterocycles. The van der Waals surface area contributed by atoms with Crippen molar-refractivity contribution >= 4 is 28.5 Å².